The van der Waals surface area contributed by atoms with Gasteiger partial charge >= 0.3 is 0 Å². The van der Waals surface area contributed by atoms with E-state index in [0.29, 0.717) is 18.0 Å². The molecule has 0 aromatic rings. The van der Waals surface area contributed by atoms with Crippen LogP contribution in [0, 0.1) is 17.8 Å². The van der Waals surface area contributed by atoms with Crippen LogP contribution in [0.3, 0.4) is 0 Å². The number of hydrogen-bond acceptors (Lipinski definition) is 2. The molecule has 2 rings (SSSR count). The topological polar surface area (TPSA) is 55.1 Å². The predicted molar refractivity (Wildman–Crippen MR) is 60.2 cm³/mol. The third-order valence-corrected chi connectivity index (χ3v) is 3.88. The van der Waals surface area contributed by atoms with Crippen molar-refractivity contribution < 1.29 is 4.79 Å². The van der Waals surface area contributed by atoms with Crippen LogP contribution < -0.4 is 11.1 Å². The largest absolute Gasteiger partial charge is 0.369 e. The summed E-state index contributed by atoms with van der Waals surface area (Å²) in [7, 11) is 0. The SMILES string of the molecule is CC1CC(C)C(C(N)=O)C(CC2CC2)N1. The third kappa shape index (κ3) is 2.51. The van der Waals surface area contributed by atoms with Crippen LogP contribution >= 0.6 is 0 Å². The van der Waals surface area contributed by atoms with Crippen LogP contribution in [0.5, 0.6) is 0 Å². The highest BCUT2D eigenvalue weighted by molar-refractivity contribution is 5.78. The highest BCUT2D eigenvalue weighted by Crippen LogP contribution is 2.38. The van der Waals surface area contributed by atoms with Gasteiger partial charge in [0, 0.05) is 12.1 Å². The Morgan fingerprint density at radius 3 is 2.60 bits per heavy atom. The number of rotatable bonds is 3. The molecule has 4 atom stereocenters. The molecule has 1 saturated carbocycles. The van der Waals surface area contributed by atoms with E-state index in [9.17, 15) is 4.79 Å². The average Bonchev–Trinajstić information content (AvgIpc) is 2.85. The minimum atomic E-state index is -0.118. The first kappa shape index (κ1) is 10.9. The van der Waals surface area contributed by atoms with E-state index in [-0.39, 0.29) is 11.8 Å². The third-order valence-electron chi connectivity index (χ3n) is 3.88. The number of amides is 1. The zero-order valence-corrected chi connectivity index (χ0v) is 9.70. The van der Waals surface area contributed by atoms with Crippen molar-refractivity contribution in [3.63, 3.8) is 0 Å². The molecule has 1 heterocycles. The summed E-state index contributed by atoms with van der Waals surface area (Å²) in [4.78, 5) is 11.5. The molecule has 86 valence electrons. The highest BCUT2D eigenvalue weighted by atomic mass is 16.1. The number of piperidine rings is 1. The average molecular weight is 210 g/mol. The first-order valence-electron chi connectivity index (χ1n) is 6.13. The molecule has 1 amide bonds. The van der Waals surface area contributed by atoms with Crippen LogP contribution in [0.1, 0.15) is 39.5 Å². The Morgan fingerprint density at radius 2 is 2.07 bits per heavy atom. The summed E-state index contributed by atoms with van der Waals surface area (Å²) in [5, 5.41) is 3.55. The molecule has 4 unspecified atom stereocenters. The van der Waals surface area contributed by atoms with Gasteiger partial charge in [0.15, 0.2) is 0 Å². The van der Waals surface area contributed by atoms with Crippen LogP contribution in [0.2, 0.25) is 0 Å². The fourth-order valence-electron chi connectivity index (χ4n) is 3.04. The molecule has 0 bridgehead atoms. The Labute approximate surface area is 91.8 Å². The van der Waals surface area contributed by atoms with Gasteiger partial charge in [0.05, 0.1) is 5.92 Å². The number of nitrogens with one attached hydrogen (secondary N) is 1. The van der Waals surface area contributed by atoms with Crippen LogP contribution in [0.4, 0.5) is 0 Å². The summed E-state index contributed by atoms with van der Waals surface area (Å²) in [6, 6.07) is 0.855. The summed E-state index contributed by atoms with van der Waals surface area (Å²) < 4.78 is 0. The van der Waals surface area contributed by atoms with Crippen molar-refractivity contribution in [3.05, 3.63) is 0 Å². The summed E-state index contributed by atoms with van der Waals surface area (Å²) in [6.45, 7) is 4.36. The van der Waals surface area contributed by atoms with Crippen molar-refractivity contribution in [2.75, 3.05) is 0 Å². The van der Waals surface area contributed by atoms with Crippen molar-refractivity contribution in [2.24, 2.45) is 23.5 Å². The number of hydrogen-bond donors (Lipinski definition) is 2. The molecule has 3 N–H and O–H groups in total. The van der Waals surface area contributed by atoms with Gasteiger partial charge in [0.25, 0.3) is 0 Å². The Kier molecular flexibility index (Phi) is 3.01. The van der Waals surface area contributed by atoms with Gasteiger partial charge in [-0.3, -0.25) is 4.79 Å². The van der Waals surface area contributed by atoms with Crippen LogP contribution in [0.15, 0.2) is 0 Å². The van der Waals surface area contributed by atoms with Crippen molar-refractivity contribution in [1.82, 2.24) is 5.32 Å². The summed E-state index contributed by atoms with van der Waals surface area (Å²) in [5.41, 5.74) is 5.51. The Morgan fingerprint density at radius 1 is 1.40 bits per heavy atom. The van der Waals surface area contributed by atoms with Gasteiger partial charge in [-0.15, -0.1) is 0 Å². The van der Waals surface area contributed by atoms with E-state index < -0.39 is 0 Å². The molecular weight excluding hydrogens is 188 g/mol. The Bertz CT molecular complexity index is 248. The Balaban J connectivity index is 2.03. The van der Waals surface area contributed by atoms with Crippen molar-refractivity contribution in [1.29, 1.82) is 0 Å². The molecule has 3 nitrogen and oxygen atoms in total. The summed E-state index contributed by atoms with van der Waals surface area (Å²) in [5.74, 6) is 1.21. The van der Waals surface area contributed by atoms with E-state index in [1.165, 1.54) is 12.8 Å². The van der Waals surface area contributed by atoms with E-state index >= 15 is 0 Å². The molecule has 2 aliphatic rings. The van der Waals surface area contributed by atoms with Gasteiger partial charge in [0.2, 0.25) is 5.91 Å². The molecule has 2 fully saturated rings. The molecule has 15 heavy (non-hydrogen) atoms. The zero-order valence-electron chi connectivity index (χ0n) is 9.70. The van der Waals surface area contributed by atoms with Crippen LogP contribution in [0.25, 0.3) is 0 Å². The predicted octanol–water partition coefficient (Wildman–Crippen LogP) is 1.27. The van der Waals surface area contributed by atoms with Gasteiger partial charge in [-0.05, 0) is 31.6 Å². The maximum atomic E-state index is 11.5. The maximum Gasteiger partial charge on any atom is 0.222 e. The van der Waals surface area contributed by atoms with Gasteiger partial charge < -0.3 is 11.1 Å². The minimum Gasteiger partial charge on any atom is -0.369 e. The van der Waals surface area contributed by atoms with Crippen molar-refractivity contribution >= 4 is 5.91 Å². The second kappa shape index (κ2) is 4.12. The molecule has 0 spiro atoms. The molecule has 1 aliphatic heterocycles. The van der Waals surface area contributed by atoms with Crippen LogP contribution in [-0.2, 0) is 4.79 Å². The van der Waals surface area contributed by atoms with Crippen molar-refractivity contribution in [3.8, 4) is 0 Å². The number of primary amides is 1. The summed E-state index contributed by atoms with van der Waals surface area (Å²) in [6.07, 6.45) is 4.88. The normalized spacial score (nSPS) is 41.5. The van der Waals surface area contributed by atoms with E-state index in [0.717, 1.165) is 18.8 Å². The maximum absolute atomic E-state index is 11.5. The van der Waals surface area contributed by atoms with Crippen molar-refractivity contribution in [2.45, 2.75) is 51.6 Å². The lowest BCUT2D eigenvalue weighted by molar-refractivity contribution is -0.125. The smallest absolute Gasteiger partial charge is 0.222 e. The fraction of sp³-hybridized carbons (Fsp3) is 0.917. The van der Waals surface area contributed by atoms with Gasteiger partial charge in [-0.1, -0.05) is 19.8 Å². The van der Waals surface area contributed by atoms with E-state index in [1.807, 2.05) is 0 Å². The lowest BCUT2D eigenvalue weighted by Gasteiger charge is -2.39. The monoisotopic (exact) mass is 210 g/mol. The molecular formula is C12H22N2O. The lowest BCUT2D eigenvalue weighted by Crippen LogP contribution is -2.54. The molecule has 0 aromatic heterocycles. The number of nitrogens with two attached hydrogens (primary N) is 1. The van der Waals surface area contributed by atoms with E-state index in [1.54, 1.807) is 0 Å². The standard InChI is InChI=1S/C12H22N2O/c1-7-5-8(2)14-10(6-9-3-4-9)11(7)12(13)15/h7-11,14H,3-6H2,1-2H3,(H2,13,15). The molecule has 1 saturated heterocycles. The second-order valence-electron chi connectivity index (χ2n) is 5.49. The quantitative estimate of drug-likeness (QED) is 0.737. The summed E-state index contributed by atoms with van der Waals surface area (Å²) >= 11 is 0. The zero-order chi connectivity index (χ0) is 11.0. The molecule has 0 radical (unpaired) electrons. The first-order chi connectivity index (χ1) is 7.08. The lowest BCUT2D eigenvalue weighted by atomic mass is 9.77. The molecule has 1 aliphatic carbocycles. The van der Waals surface area contributed by atoms with E-state index in [2.05, 4.69) is 19.2 Å². The second-order valence-corrected chi connectivity index (χ2v) is 5.49. The number of carbonyl (C=O) groups excluding carboxylic acids is 1. The molecule has 3 heteroatoms. The molecule has 0 aromatic carbocycles. The van der Waals surface area contributed by atoms with Gasteiger partial charge in [0.1, 0.15) is 0 Å². The van der Waals surface area contributed by atoms with Gasteiger partial charge in [-0.25, -0.2) is 0 Å². The fourth-order valence-corrected chi connectivity index (χ4v) is 3.04. The van der Waals surface area contributed by atoms with Gasteiger partial charge in [-0.2, -0.15) is 0 Å². The van der Waals surface area contributed by atoms with Crippen LogP contribution in [-0.4, -0.2) is 18.0 Å². The number of carbonyl (C=O) groups is 1. The first-order valence-corrected chi connectivity index (χ1v) is 6.13. The van der Waals surface area contributed by atoms with E-state index in [4.69, 9.17) is 5.73 Å². The Hall–Kier alpha value is -0.570. The minimum absolute atomic E-state index is 0.0433. The highest BCUT2D eigenvalue weighted by Gasteiger charge is 2.39.